The number of fused-ring (bicyclic) bond motifs is 1. The zero-order valence-electron chi connectivity index (χ0n) is 14.1. The molecule has 0 radical (unpaired) electrons. The fourth-order valence-electron chi connectivity index (χ4n) is 3.43. The lowest BCUT2D eigenvalue weighted by molar-refractivity contribution is -0.920. The minimum atomic E-state index is -0.486. The van der Waals surface area contributed by atoms with Crippen molar-refractivity contribution < 1.29 is 19.2 Å². The number of quaternary nitrogens is 1. The van der Waals surface area contributed by atoms with Crippen LogP contribution in [0.4, 0.5) is 5.69 Å². The Labute approximate surface area is 141 Å². The molecule has 1 amide bonds. The van der Waals surface area contributed by atoms with Crippen molar-refractivity contribution >= 4 is 28.5 Å². The van der Waals surface area contributed by atoms with E-state index in [1.807, 2.05) is 24.3 Å². The predicted molar refractivity (Wildman–Crippen MR) is 92.3 cm³/mol. The summed E-state index contributed by atoms with van der Waals surface area (Å²) in [4.78, 5) is 28.9. The summed E-state index contributed by atoms with van der Waals surface area (Å²) in [6, 6.07) is 8.00. The molecule has 3 rings (SSSR count). The molecule has 0 bridgehead atoms. The summed E-state index contributed by atoms with van der Waals surface area (Å²) in [7, 11) is 1.33. The molecule has 128 valence electrons. The van der Waals surface area contributed by atoms with Crippen LogP contribution >= 0.6 is 0 Å². The predicted octanol–water partition coefficient (Wildman–Crippen LogP) is 1.35. The first-order valence-corrected chi connectivity index (χ1v) is 8.43. The third kappa shape index (κ3) is 3.28. The van der Waals surface area contributed by atoms with Gasteiger partial charge in [-0.1, -0.05) is 18.2 Å². The van der Waals surface area contributed by atoms with Crippen LogP contribution < -0.4 is 10.2 Å². The van der Waals surface area contributed by atoms with E-state index in [4.69, 9.17) is 4.74 Å². The van der Waals surface area contributed by atoms with Gasteiger partial charge >= 0.3 is 5.97 Å². The van der Waals surface area contributed by atoms with E-state index in [9.17, 15) is 9.59 Å². The van der Waals surface area contributed by atoms with E-state index in [0.29, 0.717) is 18.3 Å². The number of H-pyrrole nitrogens is 1. The molecule has 6 nitrogen and oxygen atoms in total. The number of methoxy groups -OCH3 is 1. The van der Waals surface area contributed by atoms with Crippen LogP contribution in [0, 0.1) is 0 Å². The van der Waals surface area contributed by atoms with E-state index in [0.717, 1.165) is 30.3 Å². The first-order chi connectivity index (χ1) is 11.6. The number of para-hydroxylation sites is 1. The minimum Gasteiger partial charge on any atom is -0.464 e. The first-order valence-electron chi connectivity index (χ1n) is 8.43. The standard InChI is InChI=1S/C18H23N3O3/c1-12-7-5-6-10-21(12)11-15(22)20-16-13-8-3-4-9-14(13)19-17(16)18(23)24-2/h3-4,8-9,12,19H,5-7,10-11H2,1-2H3,(H,20,22)/p+1/t12-/m1/s1. The molecule has 0 saturated carbocycles. The molecule has 3 N–H and O–H groups in total. The summed E-state index contributed by atoms with van der Waals surface area (Å²) < 4.78 is 4.83. The topological polar surface area (TPSA) is 75.6 Å². The second kappa shape index (κ2) is 7.05. The number of hydrogen-bond donors (Lipinski definition) is 3. The lowest BCUT2D eigenvalue weighted by Crippen LogP contribution is -3.17. The Morgan fingerprint density at radius 2 is 2.12 bits per heavy atom. The monoisotopic (exact) mass is 330 g/mol. The number of benzene rings is 1. The molecule has 1 aliphatic heterocycles. The maximum absolute atomic E-state index is 12.5. The molecule has 0 spiro atoms. The highest BCUT2D eigenvalue weighted by Crippen LogP contribution is 2.28. The van der Waals surface area contributed by atoms with Crippen LogP contribution in [0.15, 0.2) is 24.3 Å². The number of nitrogens with one attached hydrogen (secondary N) is 3. The number of amides is 1. The van der Waals surface area contributed by atoms with Gasteiger partial charge in [-0.05, 0) is 32.3 Å². The van der Waals surface area contributed by atoms with Crippen LogP contribution in [0.1, 0.15) is 36.7 Å². The quantitative estimate of drug-likeness (QED) is 0.741. The molecule has 1 aliphatic rings. The second-order valence-electron chi connectivity index (χ2n) is 6.44. The highest BCUT2D eigenvalue weighted by atomic mass is 16.5. The van der Waals surface area contributed by atoms with Crippen molar-refractivity contribution in [2.24, 2.45) is 0 Å². The van der Waals surface area contributed by atoms with Crippen LogP contribution in [-0.2, 0) is 9.53 Å². The molecule has 1 aromatic heterocycles. The SMILES string of the molecule is COC(=O)c1[nH]c2ccccc2c1NC(=O)C[NH+]1CCCC[C@H]1C. The van der Waals surface area contributed by atoms with Crippen molar-refractivity contribution in [1.29, 1.82) is 0 Å². The fourth-order valence-corrected chi connectivity index (χ4v) is 3.43. The van der Waals surface area contributed by atoms with Gasteiger partial charge in [0.1, 0.15) is 5.69 Å². The van der Waals surface area contributed by atoms with Gasteiger partial charge in [0, 0.05) is 10.9 Å². The molecular formula is C18H24N3O3+. The van der Waals surface area contributed by atoms with Gasteiger partial charge < -0.3 is 19.9 Å². The molecule has 1 saturated heterocycles. The Morgan fingerprint density at radius 1 is 1.33 bits per heavy atom. The molecule has 2 heterocycles. The van der Waals surface area contributed by atoms with E-state index in [2.05, 4.69) is 17.2 Å². The van der Waals surface area contributed by atoms with Gasteiger partial charge in [-0.15, -0.1) is 0 Å². The zero-order chi connectivity index (χ0) is 17.1. The molecular weight excluding hydrogens is 306 g/mol. The molecule has 24 heavy (non-hydrogen) atoms. The van der Waals surface area contributed by atoms with E-state index in [1.165, 1.54) is 18.4 Å². The van der Waals surface area contributed by atoms with Crippen LogP contribution in [0.25, 0.3) is 10.9 Å². The number of piperidine rings is 1. The maximum atomic E-state index is 12.5. The van der Waals surface area contributed by atoms with Gasteiger partial charge in [0.2, 0.25) is 0 Å². The maximum Gasteiger partial charge on any atom is 0.356 e. The van der Waals surface area contributed by atoms with Crippen molar-refractivity contribution in [2.75, 3.05) is 25.5 Å². The molecule has 0 aliphatic carbocycles. The Balaban J connectivity index is 1.83. The number of ether oxygens (including phenoxy) is 1. The average Bonchev–Trinajstić information content (AvgIpc) is 2.95. The molecule has 2 atom stereocenters. The summed E-state index contributed by atoms with van der Waals surface area (Å²) in [5.74, 6) is -0.561. The van der Waals surface area contributed by atoms with Gasteiger partial charge in [-0.25, -0.2) is 4.79 Å². The summed E-state index contributed by atoms with van der Waals surface area (Å²) >= 11 is 0. The van der Waals surface area contributed by atoms with Crippen LogP contribution in [0.2, 0.25) is 0 Å². The van der Waals surface area contributed by atoms with E-state index in [-0.39, 0.29) is 11.6 Å². The van der Waals surface area contributed by atoms with Gasteiger partial charge in [0.25, 0.3) is 5.91 Å². The van der Waals surface area contributed by atoms with Gasteiger partial charge in [-0.3, -0.25) is 4.79 Å². The number of aromatic nitrogens is 1. The number of likely N-dealkylation sites (tertiary alicyclic amines) is 1. The summed E-state index contributed by atoms with van der Waals surface area (Å²) in [5.41, 5.74) is 1.59. The highest BCUT2D eigenvalue weighted by Gasteiger charge is 2.26. The molecule has 1 fully saturated rings. The number of esters is 1. The number of hydrogen-bond acceptors (Lipinski definition) is 3. The van der Waals surface area contributed by atoms with Crippen molar-refractivity contribution in [2.45, 2.75) is 32.2 Å². The molecule has 1 unspecified atom stereocenters. The number of rotatable bonds is 4. The number of carbonyl (C=O) groups excluding carboxylic acids is 2. The summed E-state index contributed by atoms with van der Waals surface area (Å²) in [6.45, 7) is 3.63. The Hall–Kier alpha value is -2.34. The van der Waals surface area contributed by atoms with E-state index >= 15 is 0 Å². The number of aromatic amines is 1. The average molecular weight is 330 g/mol. The largest absolute Gasteiger partial charge is 0.464 e. The number of carbonyl (C=O) groups is 2. The third-order valence-electron chi connectivity index (χ3n) is 4.83. The summed E-state index contributed by atoms with van der Waals surface area (Å²) in [5, 5.41) is 3.74. The van der Waals surface area contributed by atoms with Gasteiger partial charge in [0.05, 0.1) is 25.4 Å². The first kappa shape index (κ1) is 16.5. The third-order valence-corrected chi connectivity index (χ3v) is 4.83. The minimum absolute atomic E-state index is 0.0753. The van der Waals surface area contributed by atoms with E-state index in [1.54, 1.807) is 0 Å². The van der Waals surface area contributed by atoms with Crippen LogP contribution in [0.3, 0.4) is 0 Å². The van der Waals surface area contributed by atoms with Crippen LogP contribution in [-0.4, -0.2) is 43.1 Å². The lowest BCUT2D eigenvalue weighted by Gasteiger charge is -2.29. The highest BCUT2D eigenvalue weighted by molar-refractivity contribution is 6.11. The summed E-state index contributed by atoms with van der Waals surface area (Å²) in [6.07, 6.45) is 3.55. The Morgan fingerprint density at radius 3 is 2.88 bits per heavy atom. The van der Waals surface area contributed by atoms with Crippen molar-refractivity contribution in [3.05, 3.63) is 30.0 Å². The van der Waals surface area contributed by atoms with Crippen molar-refractivity contribution in [3.63, 3.8) is 0 Å². The van der Waals surface area contributed by atoms with Gasteiger partial charge in [0.15, 0.2) is 6.54 Å². The fraction of sp³-hybridized carbons (Fsp3) is 0.444. The molecule has 6 heteroatoms. The van der Waals surface area contributed by atoms with Gasteiger partial charge in [-0.2, -0.15) is 0 Å². The Bertz CT molecular complexity index is 753. The number of anilines is 1. The van der Waals surface area contributed by atoms with Crippen LogP contribution in [0.5, 0.6) is 0 Å². The smallest absolute Gasteiger partial charge is 0.356 e. The second-order valence-corrected chi connectivity index (χ2v) is 6.44. The molecule has 1 aromatic carbocycles. The van der Waals surface area contributed by atoms with Crippen molar-refractivity contribution in [3.8, 4) is 0 Å². The lowest BCUT2D eigenvalue weighted by atomic mass is 10.0. The van der Waals surface area contributed by atoms with E-state index < -0.39 is 5.97 Å². The van der Waals surface area contributed by atoms with Crippen molar-refractivity contribution in [1.82, 2.24) is 4.98 Å². The molecule has 2 aromatic rings. The Kier molecular flexibility index (Phi) is 4.85. The normalized spacial score (nSPS) is 20.8. The zero-order valence-corrected chi connectivity index (χ0v) is 14.1.